The van der Waals surface area contributed by atoms with Crippen LogP contribution < -0.4 is 10.2 Å². The van der Waals surface area contributed by atoms with Crippen LogP contribution in [0.1, 0.15) is 35.5 Å². The van der Waals surface area contributed by atoms with Crippen LogP contribution in [0.15, 0.2) is 79.2 Å². The molecule has 34 heavy (non-hydrogen) atoms. The molecule has 0 atom stereocenters. The molecule has 0 aliphatic carbocycles. The maximum atomic E-state index is 9.69. The van der Waals surface area contributed by atoms with Crippen LogP contribution in [-0.2, 0) is 19.4 Å². The SMILES string of the molecule is C=C(O)Cc1cnc(Cc2ccc(NCc3ccc4ccccc4n3)cc2)nc1N1CCCC1. The van der Waals surface area contributed by atoms with Gasteiger partial charge >= 0.3 is 0 Å². The predicted octanol–water partition coefficient (Wildman–Crippen LogP) is 5.44. The molecule has 1 saturated heterocycles. The van der Waals surface area contributed by atoms with Crippen molar-refractivity contribution >= 4 is 22.4 Å². The lowest BCUT2D eigenvalue weighted by atomic mass is 10.1. The molecule has 172 valence electrons. The fraction of sp³-hybridized carbons (Fsp3) is 0.250. The molecule has 0 radical (unpaired) electrons. The highest BCUT2D eigenvalue weighted by Gasteiger charge is 2.19. The number of aliphatic hydroxyl groups excluding tert-OH is 1. The zero-order valence-electron chi connectivity index (χ0n) is 19.2. The van der Waals surface area contributed by atoms with Gasteiger partial charge in [-0.2, -0.15) is 0 Å². The van der Waals surface area contributed by atoms with Gasteiger partial charge in [-0.1, -0.05) is 43.0 Å². The summed E-state index contributed by atoms with van der Waals surface area (Å²) in [6.07, 6.45) is 5.22. The van der Waals surface area contributed by atoms with Gasteiger partial charge < -0.3 is 15.3 Å². The summed E-state index contributed by atoms with van der Waals surface area (Å²) in [5, 5.41) is 14.3. The van der Waals surface area contributed by atoms with Crippen molar-refractivity contribution in [2.45, 2.75) is 32.2 Å². The van der Waals surface area contributed by atoms with Gasteiger partial charge in [-0.3, -0.25) is 4.98 Å². The van der Waals surface area contributed by atoms with E-state index in [2.05, 4.69) is 64.2 Å². The third-order valence-corrected chi connectivity index (χ3v) is 6.14. The van der Waals surface area contributed by atoms with Gasteiger partial charge in [0.25, 0.3) is 0 Å². The third kappa shape index (κ3) is 5.17. The fourth-order valence-corrected chi connectivity index (χ4v) is 4.39. The number of anilines is 2. The van der Waals surface area contributed by atoms with E-state index in [1.165, 1.54) is 12.8 Å². The lowest BCUT2D eigenvalue weighted by Crippen LogP contribution is -2.22. The maximum Gasteiger partial charge on any atom is 0.135 e. The first kappa shape index (κ1) is 21.9. The molecule has 4 aromatic rings. The highest BCUT2D eigenvalue weighted by Crippen LogP contribution is 2.24. The number of para-hydroxylation sites is 1. The monoisotopic (exact) mass is 451 g/mol. The summed E-state index contributed by atoms with van der Waals surface area (Å²) in [5.74, 6) is 1.85. The van der Waals surface area contributed by atoms with Crippen molar-refractivity contribution < 1.29 is 5.11 Å². The van der Waals surface area contributed by atoms with Crippen LogP contribution in [0.25, 0.3) is 10.9 Å². The number of aromatic nitrogens is 3. The molecule has 6 heteroatoms. The number of hydrogen-bond donors (Lipinski definition) is 2. The molecule has 2 aromatic heterocycles. The van der Waals surface area contributed by atoms with Crippen LogP contribution in [0.3, 0.4) is 0 Å². The lowest BCUT2D eigenvalue weighted by molar-refractivity contribution is 0.401. The standard InChI is InChI=1S/C28H29N5O/c1-20(34)16-23-18-30-27(32-28(23)33-14-4-5-15-33)17-21-8-11-24(12-9-21)29-19-25-13-10-22-6-2-3-7-26(22)31-25/h2-3,6-13,18,29,34H,1,4-5,14-17,19H2. The maximum absolute atomic E-state index is 9.69. The molecule has 0 saturated carbocycles. The van der Waals surface area contributed by atoms with Gasteiger partial charge in [0.05, 0.1) is 23.5 Å². The van der Waals surface area contributed by atoms with E-state index in [0.717, 1.165) is 58.1 Å². The molecule has 2 N–H and O–H groups in total. The predicted molar refractivity (Wildman–Crippen MR) is 137 cm³/mol. The van der Waals surface area contributed by atoms with Crippen LogP contribution in [-0.4, -0.2) is 33.1 Å². The van der Waals surface area contributed by atoms with Crippen LogP contribution in [0, 0.1) is 0 Å². The average molecular weight is 452 g/mol. The molecule has 3 heterocycles. The van der Waals surface area contributed by atoms with E-state index in [-0.39, 0.29) is 5.76 Å². The minimum atomic E-state index is 0.138. The molecule has 6 nitrogen and oxygen atoms in total. The summed E-state index contributed by atoms with van der Waals surface area (Å²) in [5.41, 5.74) is 5.16. The number of rotatable bonds is 8. The topological polar surface area (TPSA) is 74.2 Å². The number of fused-ring (bicyclic) bond motifs is 1. The number of allylic oxidation sites excluding steroid dienone is 1. The second kappa shape index (κ2) is 9.91. The molecule has 1 aliphatic rings. The Hall–Kier alpha value is -3.93. The molecular weight excluding hydrogens is 422 g/mol. The van der Waals surface area contributed by atoms with E-state index in [1.807, 2.05) is 24.4 Å². The molecule has 2 aromatic carbocycles. The average Bonchev–Trinajstić information content (AvgIpc) is 3.39. The van der Waals surface area contributed by atoms with Crippen LogP contribution in [0.2, 0.25) is 0 Å². The molecule has 0 amide bonds. The van der Waals surface area contributed by atoms with E-state index in [9.17, 15) is 5.11 Å². The molecule has 0 bridgehead atoms. The molecule has 5 rings (SSSR count). The fourth-order valence-electron chi connectivity index (χ4n) is 4.39. The first-order chi connectivity index (χ1) is 16.6. The summed E-state index contributed by atoms with van der Waals surface area (Å²) in [6, 6.07) is 20.7. The Balaban J connectivity index is 1.25. The molecular formula is C28H29N5O. The van der Waals surface area contributed by atoms with Crippen molar-refractivity contribution in [1.82, 2.24) is 15.0 Å². The molecule has 0 spiro atoms. The quantitative estimate of drug-likeness (QED) is 0.348. The lowest BCUT2D eigenvalue weighted by Gasteiger charge is -2.20. The van der Waals surface area contributed by atoms with E-state index >= 15 is 0 Å². The Morgan fingerprint density at radius 2 is 1.76 bits per heavy atom. The Bertz CT molecular complexity index is 1300. The number of pyridine rings is 1. The van der Waals surface area contributed by atoms with Crippen LogP contribution in [0.4, 0.5) is 11.5 Å². The van der Waals surface area contributed by atoms with Gasteiger partial charge in [0.15, 0.2) is 0 Å². The van der Waals surface area contributed by atoms with E-state index < -0.39 is 0 Å². The van der Waals surface area contributed by atoms with Crippen molar-refractivity contribution in [2.75, 3.05) is 23.3 Å². The Labute approximate surface area is 200 Å². The van der Waals surface area contributed by atoms with Crippen molar-refractivity contribution in [3.05, 3.63) is 102 Å². The van der Waals surface area contributed by atoms with Crippen molar-refractivity contribution in [1.29, 1.82) is 0 Å². The smallest absolute Gasteiger partial charge is 0.135 e. The van der Waals surface area contributed by atoms with Gasteiger partial charge in [0.2, 0.25) is 0 Å². The van der Waals surface area contributed by atoms with Gasteiger partial charge in [-0.15, -0.1) is 0 Å². The number of aliphatic hydroxyl groups is 1. The number of benzene rings is 2. The second-order valence-electron chi connectivity index (χ2n) is 8.79. The van der Waals surface area contributed by atoms with Crippen molar-refractivity contribution in [2.24, 2.45) is 0 Å². The van der Waals surface area contributed by atoms with Crippen molar-refractivity contribution in [3.63, 3.8) is 0 Å². The van der Waals surface area contributed by atoms with Crippen molar-refractivity contribution in [3.8, 4) is 0 Å². The summed E-state index contributed by atoms with van der Waals surface area (Å²) in [4.78, 5) is 16.4. The summed E-state index contributed by atoms with van der Waals surface area (Å²) in [6.45, 7) is 6.29. The highest BCUT2D eigenvalue weighted by molar-refractivity contribution is 5.78. The third-order valence-electron chi connectivity index (χ3n) is 6.14. The number of nitrogens with one attached hydrogen (secondary N) is 1. The van der Waals surface area contributed by atoms with E-state index in [1.54, 1.807) is 0 Å². The number of hydrogen-bond acceptors (Lipinski definition) is 6. The number of nitrogens with zero attached hydrogens (tertiary/aromatic N) is 4. The first-order valence-electron chi connectivity index (χ1n) is 11.8. The van der Waals surface area contributed by atoms with Gasteiger partial charge in [-0.25, -0.2) is 9.97 Å². The van der Waals surface area contributed by atoms with E-state index in [0.29, 0.717) is 19.4 Å². The Morgan fingerprint density at radius 3 is 2.56 bits per heavy atom. The van der Waals surface area contributed by atoms with Crippen LogP contribution >= 0.6 is 0 Å². The molecule has 1 fully saturated rings. The minimum Gasteiger partial charge on any atom is -0.513 e. The summed E-state index contributed by atoms with van der Waals surface area (Å²) in [7, 11) is 0. The second-order valence-corrected chi connectivity index (χ2v) is 8.79. The van der Waals surface area contributed by atoms with Gasteiger partial charge in [0.1, 0.15) is 11.6 Å². The Kier molecular flexibility index (Phi) is 6.38. The zero-order chi connectivity index (χ0) is 23.3. The normalized spacial score (nSPS) is 13.4. The summed E-state index contributed by atoms with van der Waals surface area (Å²) >= 11 is 0. The first-order valence-corrected chi connectivity index (χ1v) is 11.8. The highest BCUT2D eigenvalue weighted by atomic mass is 16.3. The van der Waals surface area contributed by atoms with Gasteiger partial charge in [0, 0.05) is 48.8 Å². The molecule has 1 aliphatic heterocycles. The summed E-state index contributed by atoms with van der Waals surface area (Å²) < 4.78 is 0. The molecule has 0 unspecified atom stereocenters. The largest absolute Gasteiger partial charge is 0.513 e. The zero-order valence-corrected chi connectivity index (χ0v) is 19.2. The minimum absolute atomic E-state index is 0.138. The van der Waals surface area contributed by atoms with E-state index in [4.69, 9.17) is 9.97 Å². The van der Waals surface area contributed by atoms with Gasteiger partial charge in [-0.05, 0) is 42.7 Å². The van der Waals surface area contributed by atoms with Crippen LogP contribution in [0.5, 0.6) is 0 Å². The Morgan fingerprint density at radius 1 is 0.971 bits per heavy atom.